The number of nitrogen functional groups attached to an aromatic ring is 1. The van der Waals surface area contributed by atoms with Crippen LogP contribution in [0.15, 0.2) is 12.1 Å². The van der Waals surface area contributed by atoms with Crippen molar-refractivity contribution in [1.82, 2.24) is 5.32 Å². The van der Waals surface area contributed by atoms with E-state index in [1.807, 2.05) is 6.92 Å². The quantitative estimate of drug-likeness (QED) is 0.779. The molecule has 0 bridgehead atoms. The van der Waals surface area contributed by atoms with E-state index in [1.165, 1.54) is 6.07 Å². The van der Waals surface area contributed by atoms with Gasteiger partial charge in [-0.3, -0.25) is 0 Å². The summed E-state index contributed by atoms with van der Waals surface area (Å²) in [5, 5.41) is 3.27. The molecule has 0 unspecified atom stereocenters. The number of nitrogens with zero attached hydrogens (tertiary/aromatic N) is 1. The van der Waals surface area contributed by atoms with Gasteiger partial charge in [-0.05, 0) is 6.92 Å². The van der Waals surface area contributed by atoms with Gasteiger partial charge in [0.1, 0.15) is 0 Å². The van der Waals surface area contributed by atoms with Gasteiger partial charge in [0.2, 0.25) is 0 Å². The predicted octanol–water partition coefficient (Wildman–Crippen LogP) is 1.22. The highest BCUT2D eigenvalue weighted by molar-refractivity contribution is 5.70. The van der Waals surface area contributed by atoms with Crippen LogP contribution < -0.4 is 20.7 Å². The Morgan fingerprint density at radius 1 is 1.41 bits per heavy atom. The summed E-state index contributed by atoms with van der Waals surface area (Å²) in [6.07, 6.45) is 0. The molecule has 1 aromatic carbocycles. The van der Waals surface area contributed by atoms with Gasteiger partial charge in [-0.25, -0.2) is 4.39 Å². The molecular weight excluding hydrogens is 221 g/mol. The maximum atomic E-state index is 13.5. The van der Waals surface area contributed by atoms with E-state index in [4.69, 9.17) is 10.5 Å². The van der Waals surface area contributed by atoms with Gasteiger partial charge in [0, 0.05) is 38.3 Å². The maximum absolute atomic E-state index is 13.5. The van der Waals surface area contributed by atoms with Crippen molar-refractivity contribution < 1.29 is 9.13 Å². The smallest absolute Gasteiger partial charge is 0.167 e. The fourth-order valence-corrected chi connectivity index (χ4v) is 2.00. The van der Waals surface area contributed by atoms with E-state index in [0.717, 1.165) is 31.9 Å². The summed E-state index contributed by atoms with van der Waals surface area (Å²) in [6, 6.07) is 3.03. The first-order valence-electron chi connectivity index (χ1n) is 5.90. The van der Waals surface area contributed by atoms with Gasteiger partial charge in [0.15, 0.2) is 11.6 Å². The van der Waals surface area contributed by atoms with Gasteiger partial charge < -0.3 is 20.7 Å². The summed E-state index contributed by atoms with van der Waals surface area (Å²) < 4.78 is 18.8. The molecule has 1 aromatic rings. The second-order valence-corrected chi connectivity index (χ2v) is 4.01. The fourth-order valence-electron chi connectivity index (χ4n) is 2.00. The molecule has 0 aromatic heterocycles. The highest BCUT2D eigenvalue weighted by atomic mass is 19.1. The molecule has 3 N–H and O–H groups in total. The zero-order valence-electron chi connectivity index (χ0n) is 10.0. The number of ether oxygens (including phenoxy) is 1. The molecule has 0 saturated carbocycles. The highest BCUT2D eigenvalue weighted by Gasteiger charge is 2.16. The molecule has 94 valence electrons. The Labute approximate surface area is 101 Å². The molecule has 0 aliphatic carbocycles. The van der Waals surface area contributed by atoms with Crippen LogP contribution in [0.5, 0.6) is 5.75 Å². The van der Waals surface area contributed by atoms with Gasteiger partial charge in [-0.1, -0.05) is 0 Å². The molecule has 1 saturated heterocycles. The lowest BCUT2D eigenvalue weighted by Crippen LogP contribution is -2.43. The Morgan fingerprint density at radius 3 is 2.76 bits per heavy atom. The third-order valence-electron chi connectivity index (χ3n) is 2.84. The van der Waals surface area contributed by atoms with Crippen molar-refractivity contribution >= 4 is 11.4 Å². The summed E-state index contributed by atoms with van der Waals surface area (Å²) in [6.45, 7) is 5.87. The minimum atomic E-state index is -0.400. The Balaban J connectivity index is 2.28. The lowest BCUT2D eigenvalue weighted by Gasteiger charge is -2.30. The number of rotatable bonds is 3. The Bertz CT molecular complexity index is 392. The van der Waals surface area contributed by atoms with Gasteiger partial charge in [0.25, 0.3) is 0 Å². The number of nitrogens with one attached hydrogen (secondary N) is 1. The van der Waals surface area contributed by atoms with Gasteiger partial charge in [0.05, 0.1) is 18.0 Å². The van der Waals surface area contributed by atoms with Crippen molar-refractivity contribution in [2.24, 2.45) is 0 Å². The summed E-state index contributed by atoms with van der Waals surface area (Å²) in [7, 11) is 0. The number of hydrogen-bond acceptors (Lipinski definition) is 4. The molecule has 1 heterocycles. The van der Waals surface area contributed by atoms with E-state index in [0.29, 0.717) is 12.3 Å². The number of hydrogen-bond donors (Lipinski definition) is 2. The second kappa shape index (κ2) is 5.23. The van der Waals surface area contributed by atoms with Crippen molar-refractivity contribution in [3.8, 4) is 5.75 Å². The molecule has 2 rings (SSSR count). The van der Waals surface area contributed by atoms with Gasteiger partial charge >= 0.3 is 0 Å². The van der Waals surface area contributed by atoms with E-state index in [-0.39, 0.29) is 5.75 Å². The summed E-state index contributed by atoms with van der Waals surface area (Å²) >= 11 is 0. The van der Waals surface area contributed by atoms with E-state index >= 15 is 0 Å². The first-order chi connectivity index (χ1) is 8.22. The second-order valence-electron chi connectivity index (χ2n) is 4.01. The molecule has 1 aliphatic rings. The third-order valence-corrected chi connectivity index (χ3v) is 2.84. The lowest BCUT2D eigenvalue weighted by molar-refractivity contribution is 0.321. The monoisotopic (exact) mass is 239 g/mol. The van der Waals surface area contributed by atoms with Crippen LogP contribution in [0.4, 0.5) is 15.8 Å². The van der Waals surface area contributed by atoms with E-state index in [9.17, 15) is 4.39 Å². The van der Waals surface area contributed by atoms with Crippen molar-refractivity contribution in [3.63, 3.8) is 0 Å². The Kier molecular flexibility index (Phi) is 3.68. The van der Waals surface area contributed by atoms with Gasteiger partial charge in [-0.2, -0.15) is 0 Å². The molecule has 4 nitrogen and oxygen atoms in total. The molecule has 1 fully saturated rings. The van der Waals surface area contributed by atoms with Crippen LogP contribution in [0.3, 0.4) is 0 Å². The SMILES string of the molecule is CCOc1cc(N2CCNCC2)c(N)cc1F. The van der Waals surface area contributed by atoms with E-state index in [1.54, 1.807) is 6.07 Å². The van der Waals surface area contributed by atoms with Crippen LogP contribution in [0, 0.1) is 5.82 Å². The topological polar surface area (TPSA) is 50.5 Å². The average molecular weight is 239 g/mol. The van der Waals surface area contributed by atoms with Crippen molar-refractivity contribution in [2.75, 3.05) is 43.4 Å². The lowest BCUT2D eigenvalue weighted by atomic mass is 10.2. The molecular formula is C12H18FN3O. The number of piperazine rings is 1. The molecule has 1 aliphatic heterocycles. The predicted molar refractivity (Wildman–Crippen MR) is 67.1 cm³/mol. The van der Waals surface area contributed by atoms with Crippen molar-refractivity contribution in [2.45, 2.75) is 6.92 Å². The zero-order chi connectivity index (χ0) is 12.3. The fraction of sp³-hybridized carbons (Fsp3) is 0.500. The van der Waals surface area contributed by atoms with Crippen LogP contribution in [0.25, 0.3) is 0 Å². The molecule has 0 radical (unpaired) electrons. The standard InChI is InChI=1S/C12H18FN3O/c1-2-17-12-8-11(10(14)7-9(12)13)16-5-3-15-4-6-16/h7-8,15H,2-6,14H2,1H3. The number of nitrogens with two attached hydrogens (primary N) is 1. The number of anilines is 2. The largest absolute Gasteiger partial charge is 0.491 e. The molecule has 5 heteroatoms. The first-order valence-corrected chi connectivity index (χ1v) is 5.90. The van der Waals surface area contributed by atoms with Crippen LogP contribution in [-0.2, 0) is 0 Å². The normalized spacial score (nSPS) is 16.0. The van der Waals surface area contributed by atoms with E-state index < -0.39 is 5.82 Å². The van der Waals surface area contributed by atoms with Crippen LogP contribution in [-0.4, -0.2) is 32.8 Å². The van der Waals surface area contributed by atoms with Crippen LogP contribution in [0.2, 0.25) is 0 Å². The summed E-state index contributed by atoms with van der Waals surface area (Å²) in [5.41, 5.74) is 7.18. The van der Waals surface area contributed by atoms with Crippen LogP contribution >= 0.6 is 0 Å². The highest BCUT2D eigenvalue weighted by Crippen LogP contribution is 2.31. The Morgan fingerprint density at radius 2 is 2.12 bits per heavy atom. The summed E-state index contributed by atoms with van der Waals surface area (Å²) in [5.74, 6) is -0.126. The average Bonchev–Trinajstić information content (AvgIpc) is 2.34. The van der Waals surface area contributed by atoms with Crippen molar-refractivity contribution in [3.05, 3.63) is 17.9 Å². The minimum absolute atomic E-state index is 0.273. The number of benzene rings is 1. The third kappa shape index (κ3) is 2.61. The molecule has 0 amide bonds. The van der Waals surface area contributed by atoms with Crippen LogP contribution in [0.1, 0.15) is 6.92 Å². The summed E-state index contributed by atoms with van der Waals surface area (Å²) in [4.78, 5) is 2.15. The van der Waals surface area contributed by atoms with E-state index in [2.05, 4.69) is 10.2 Å². The van der Waals surface area contributed by atoms with Crippen molar-refractivity contribution in [1.29, 1.82) is 0 Å². The zero-order valence-corrected chi connectivity index (χ0v) is 10.0. The first kappa shape index (κ1) is 12.0. The molecule has 17 heavy (non-hydrogen) atoms. The molecule has 0 spiro atoms. The maximum Gasteiger partial charge on any atom is 0.167 e. The Hall–Kier alpha value is -1.49. The number of halogens is 1. The molecule has 0 atom stereocenters. The van der Waals surface area contributed by atoms with Gasteiger partial charge in [-0.15, -0.1) is 0 Å². The minimum Gasteiger partial charge on any atom is -0.491 e.